The maximum Gasteiger partial charge on any atom is 0.129 e. The molecule has 2 N–H and O–H groups in total. The molecular weight excluding hydrogens is 245 g/mol. The quantitative estimate of drug-likeness (QED) is 0.875. The van der Waals surface area contributed by atoms with Gasteiger partial charge in [0.15, 0.2) is 0 Å². The molecule has 0 aliphatic heterocycles. The van der Waals surface area contributed by atoms with Gasteiger partial charge in [0.2, 0.25) is 0 Å². The van der Waals surface area contributed by atoms with Gasteiger partial charge in [0, 0.05) is 16.1 Å². The van der Waals surface area contributed by atoms with Crippen molar-refractivity contribution in [2.24, 2.45) is 5.73 Å². The molecule has 1 aromatic carbocycles. The van der Waals surface area contributed by atoms with Gasteiger partial charge in [-0.05, 0) is 18.6 Å². The lowest BCUT2D eigenvalue weighted by Gasteiger charge is -2.14. The van der Waals surface area contributed by atoms with Crippen LogP contribution in [0.4, 0.5) is 4.39 Å². The van der Waals surface area contributed by atoms with Crippen LogP contribution in [0, 0.1) is 5.82 Å². The van der Waals surface area contributed by atoms with E-state index >= 15 is 0 Å². The molecule has 0 heterocycles. The SMILES string of the molecule is CCCC[C@H](N)c1c(F)cccc1Br. The van der Waals surface area contributed by atoms with Crippen LogP contribution >= 0.6 is 15.9 Å². The highest BCUT2D eigenvalue weighted by atomic mass is 79.9. The third-order valence-electron chi connectivity index (χ3n) is 2.24. The molecule has 14 heavy (non-hydrogen) atoms. The van der Waals surface area contributed by atoms with Crippen molar-refractivity contribution in [3.63, 3.8) is 0 Å². The molecule has 0 radical (unpaired) electrons. The van der Waals surface area contributed by atoms with Crippen LogP contribution in [0.1, 0.15) is 37.8 Å². The first-order valence-corrected chi connectivity index (χ1v) is 5.65. The first-order chi connectivity index (χ1) is 6.66. The second kappa shape index (κ2) is 5.47. The summed E-state index contributed by atoms with van der Waals surface area (Å²) in [4.78, 5) is 0. The second-order valence-electron chi connectivity index (χ2n) is 3.38. The largest absolute Gasteiger partial charge is 0.324 e. The van der Waals surface area contributed by atoms with Crippen LogP contribution < -0.4 is 5.73 Å². The van der Waals surface area contributed by atoms with Crippen LogP contribution in [0.25, 0.3) is 0 Å². The van der Waals surface area contributed by atoms with Gasteiger partial charge in [-0.1, -0.05) is 41.8 Å². The lowest BCUT2D eigenvalue weighted by atomic mass is 10.0. The molecule has 1 aromatic rings. The number of hydrogen-bond donors (Lipinski definition) is 1. The average molecular weight is 260 g/mol. The van der Waals surface area contributed by atoms with E-state index in [9.17, 15) is 4.39 Å². The standard InChI is InChI=1S/C11H15BrFN/c1-2-3-7-10(14)11-8(12)5-4-6-9(11)13/h4-6,10H,2-3,7,14H2,1H3/t10-/m0/s1. The molecule has 78 valence electrons. The molecule has 1 rings (SSSR count). The summed E-state index contributed by atoms with van der Waals surface area (Å²) in [5.74, 6) is -0.219. The van der Waals surface area contributed by atoms with Gasteiger partial charge in [-0.2, -0.15) is 0 Å². The van der Waals surface area contributed by atoms with E-state index in [1.54, 1.807) is 6.07 Å². The van der Waals surface area contributed by atoms with Crippen LogP contribution in [0.5, 0.6) is 0 Å². The molecule has 0 aliphatic rings. The van der Waals surface area contributed by atoms with Crippen LogP contribution in [0.15, 0.2) is 22.7 Å². The minimum absolute atomic E-state index is 0.203. The molecular formula is C11H15BrFN. The van der Waals surface area contributed by atoms with Crippen LogP contribution in [0.3, 0.4) is 0 Å². The molecule has 0 fully saturated rings. The van der Waals surface area contributed by atoms with E-state index in [1.807, 2.05) is 6.07 Å². The van der Waals surface area contributed by atoms with Gasteiger partial charge in [0.05, 0.1) is 0 Å². The Morgan fingerprint density at radius 2 is 2.21 bits per heavy atom. The fourth-order valence-electron chi connectivity index (χ4n) is 1.43. The van der Waals surface area contributed by atoms with Gasteiger partial charge >= 0.3 is 0 Å². The summed E-state index contributed by atoms with van der Waals surface area (Å²) in [5, 5.41) is 0. The molecule has 0 spiro atoms. The zero-order valence-electron chi connectivity index (χ0n) is 8.26. The zero-order valence-corrected chi connectivity index (χ0v) is 9.85. The molecule has 0 saturated carbocycles. The van der Waals surface area contributed by atoms with Crippen molar-refractivity contribution in [1.82, 2.24) is 0 Å². The highest BCUT2D eigenvalue weighted by molar-refractivity contribution is 9.10. The van der Waals surface area contributed by atoms with Crippen molar-refractivity contribution >= 4 is 15.9 Å². The monoisotopic (exact) mass is 259 g/mol. The third-order valence-corrected chi connectivity index (χ3v) is 2.93. The van der Waals surface area contributed by atoms with E-state index in [1.165, 1.54) is 6.07 Å². The van der Waals surface area contributed by atoms with Gasteiger partial charge < -0.3 is 5.73 Å². The molecule has 0 bridgehead atoms. The van der Waals surface area contributed by atoms with Gasteiger partial charge in [0.25, 0.3) is 0 Å². The van der Waals surface area contributed by atoms with Crippen molar-refractivity contribution in [2.45, 2.75) is 32.2 Å². The number of hydrogen-bond acceptors (Lipinski definition) is 1. The summed E-state index contributed by atoms with van der Waals surface area (Å²) in [6.45, 7) is 2.10. The summed E-state index contributed by atoms with van der Waals surface area (Å²) in [6, 6.07) is 4.75. The number of unbranched alkanes of at least 4 members (excludes halogenated alkanes) is 1. The summed E-state index contributed by atoms with van der Waals surface area (Å²) in [5.41, 5.74) is 6.51. The van der Waals surface area contributed by atoms with Gasteiger partial charge in [-0.3, -0.25) is 0 Å². The number of rotatable bonds is 4. The number of benzene rings is 1. The molecule has 1 atom stereocenters. The minimum Gasteiger partial charge on any atom is -0.324 e. The summed E-state index contributed by atoms with van der Waals surface area (Å²) >= 11 is 3.32. The van der Waals surface area contributed by atoms with Crippen molar-refractivity contribution in [1.29, 1.82) is 0 Å². The van der Waals surface area contributed by atoms with Crippen LogP contribution in [0.2, 0.25) is 0 Å². The topological polar surface area (TPSA) is 26.0 Å². The maximum absolute atomic E-state index is 13.4. The van der Waals surface area contributed by atoms with Gasteiger partial charge in [-0.15, -0.1) is 0 Å². The van der Waals surface area contributed by atoms with E-state index in [0.717, 1.165) is 23.7 Å². The summed E-state index contributed by atoms with van der Waals surface area (Å²) < 4.78 is 14.2. The Kier molecular flexibility index (Phi) is 4.55. The molecule has 0 aliphatic carbocycles. The van der Waals surface area contributed by atoms with Crippen LogP contribution in [-0.2, 0) is 0 Å². The maximum atomic E-state index is 13.4. The van der Waals surface area contributed by atoms with Crippen molar-refractivity contribution < 1.29 is 4.39 Å². The highest BCUT2D eigenvalue weighted by Crippen LogP contribution is 2.27. The van der Waals surface area contributed by atoms with E-state index < -0.39 is 0 Å². The molecule has 0 aromatic heterocycles. The summed E-state index contributed by atoms with van der Waals surface area (Å²) in [7, 11) is 0. The molecule has 0 unspecified atom stereocenters. The van der Waals surface area contributed by atoms with Crippen LogP contribution in [-0.4, -0.2) is 0 Å². The van der Waals surface area contributed by atoms with E-state index in [4.69, 9.17) is 5.73 Å². The molecule has 1 nitrogen and oxygen atoms in total. The average Bonchev–Trinajstić information content (AvgIpc) is 2.14. The Morgan fingerprint density at radius 3 is 2.79 bits per heavy atom. The lowest BCUT2D eigenvalue weighted by molar-refractivity contribution is 0.545. The zero-order chi connectivity index (χ0) is 10.6. The Hall–Kier alpha value is -0.410. The smallest absolute Gasteiger partial charge is 0.129 e. The normalized spacial score (nSPS) is 12.9. The first kappa shape index (κ1) is 11.7. The Labute approximate surface area is 92.6 Å². The van der Waals surface area contributed by atoms with Gasteiger partial charge in [0.1, 0.15) is 5.82 Å². The minimum atomic E-state index is -0.219. The predicted molar refractivity (Wildman–Crippen MR) is 60.6 cm³/mol. The van der Waals surface area contributed by atoms with Gasteiger partial charge in [-0.25, -0.2) is 4.39 Å². The highest BCUT2D eigenvalue weighted by Gasteiger charge is 2.13. The van der Waals surface area contributed by atoms with E-state index in [-0.39, 0.29) is 11.9 Å². The number of halogens is 2. The fourth-order valence-corrected chi connectivity index (χ4v) is 2.07. The van der Waals surface area contributed by atoms with E-state index in [0.29, 0.717) is 5.56 Å². The Balaban J connectivity index is 2.82. The van der Waals surface area contributed by atoms with Crippen molar-refractivity contribution in [2.75, 3.05) is 0 Å². The lowest BCUT2D eigenvalue weighted by Crippen LogP contribution is -2.12. The third kappa shape index (κ3) is 2.79. The Bertz CT molecular complexity index is 281. The summed E-state index contributed by atoms with van der Waals surface area (Å²) in [6.07, 6.45) is 2.94. The number of nitrogens with two attached hydrogens (primary N) is 1. The van der Waals surface area contributed by atoms with Crippen molar-refractivity contribution in [3.05, 3.63) is 34.1 Å². The van der Waals surface area contributed by atoms with Crippen molar-refractivity contribution in [3.8, 4) is 0 Å². The molecule has 0 amide bonds. The predicted octanol–water partition coefficient (Wildman–Crippen LogP) is 3.78. The first-order valence-electron chi connectivity index (χ1n) is 4.86. The fraction of sp³-hybridized carbons (Fsp3) is 0.455. The van der Waals surface area contributed by atoms with E-state index in [2.05, 4.69) is 22.9 Å². The molecule has 3 heteroatoms. The second-order valence-corrected chi connectivity index (χ2v) is 4.24. The Morgan fingerprint density at radius 1 is 1.50 bits per heavy atom. The molecule has 0 saturated heterocycles.